The summed E-state index contributed by atoms with van der Waals surface area (Å²) in [5.74, 6) is 1.44. The summed E-state index contributed by atoms with van der Waals surface area (Å²) in [5, 5.41) is 8.60. The first-order chi connectivity index (χ1) is 9.08. The molecule has 102 valence electrons. The molecule has 0 fully saturated rings. The lowest BCUT2D eigenvalue weighted by Gasteiger charge is -2.09. The third-order valence-corrected chi connectivity index (χ3v) is 3.34. The van der Waals surface area contributed by atoms with Crippen LogP contribution in [0, 0.1) is 5.92 Å². The highest BCUT2D eigenvalue weighted by Gasteiger charge is 2.08. The van der Waals surface area contributed by atoms with Gasteiger partial charge in [0.2, 0.25) is 0 Å². The highest BCUT2D eigenvalue weighted by Crippen LogP contribution is 2.24. The SMILES string of the molecule is CC(C)CNCc1ncnn1-c1ccc(Cl)c(Cl)c1. The van der Waals surface area contributed by atoms with Crippen molar-refractivity contribution in [2.45, 2.75) is 20.4 Å². The van der Waals surface area contributed by atoms with Crippen LogP contribution in [0.3, 0.4) is 0 Å². The highest BCUT2D eigenvalue weighted by atomic mass is 35.5. The maximum atomic E-state index is 6.02. The second-order valence-electron chi connectivity index (χ2n) is 4.71. The van der Waals surface area contributed by atoms with E-state index in [1.54, 1.807) is 16.8 Å². The molecule has 1 N–H and O–H groups in total. The first-order valence-corrected chi connectivity index (χ1v) is 6.88. The summed E-state index contributed by atoms with van der Waals surface area (Å²) in [6, 6.07) is 5.41. The fraction of sp³-hybridized carbons (Fsp3) is 0.385. The van der Waals surface area contributed by atoms with Crippen LogP contribution in [0.4, 0.5) is 0 Å². The van der Waals surface area contributed by atoms with Gasteiger partial charge in [-0.05, 0) is 30.7 Å². The molecule has 0 amide bonds. The molecule has 0 bridgehead atoms. The van der Waals surface area contributed by atoms with Gasteiger partial charge in [0.1, 0.15) is 12.2 Å². The van der Waals surface area contributed by atoms with E-state index in [9.17, 15) is 0 Å². The topological polar surface area (TPSA) is 42.7 Å². The van der Waals surface area contributed by atoms with Crippen LogP contribution in [0.15, 0.2) is 24.5 Å². The Kier molecular flexibility index (Phi) is 4.80. The molecule has 0 saturated carbocycles. The van der Waals surface area contributed by atoms with E-state index in [1.807, 2.05) is 6.07 Å². The average molecular weight is 299 g/mol. The number of halogens is 2. The summed E-state index contributed by atoms with van der Waals surface area (Å²) in [6.07, 6.45) is 1.54. The molecule has 1 aromatic carbocycles. The minimum absolute atomic E-state index is 0.510. The zero-order valence-electron chi connectivity index (χ0n) is 10.9. The van der Waals surface area contributed by atoms with Crippen molar-refractivity contribution in [2.75, 3.05) is 6.54 Å². The Balaban J connectivity index is 2.16. The number of benzene rings is 1. The lowest BCUT2D eigenvalue weighted by molar-refractivity contribution is 0.538. The van der Waals surface area contributed by atoms with Gasteiger partial charge >= 0.3 is 0 Å². The zero-order valence-corrected chi connectivity index (χ0v) is 12.4. The van der Waals surface area contributed by atoms with Gasteiger partial charge in [0, 0.05) is 0 Å². The number of rotatable bonds is 5. The van der Waals surface area contributed by atoms with Crippen LogP contribution >= 0.6 is 23.2 Å². The molecule has 0 aliphatic carbocycles. The third-order valence-electron chi connectivity index (χ3n) is 2.60. The lowest BCUT2D eigenvalue weighted by Crippen LogP contribution is -2.21. The van der Waals surface area contributed by atoms with Crippen LogP contribution in [-0.2, 0) is 6.54 Å². The van der Waals surface area contributed by atoms with Crippen molar-refractivity contribution < 1.29 is 0 Å². The predicted octanol–water partition coefficient (Wildman–Crippen LogP) is 3.32. The van der Waals surface area contributed by atoms with Crippen molar-refractivity contribution in [2.24, 2.45) is 5.92 Å². The molecule has 0 aliphatic heterocycles. The van der Waals surface area contributed by atoms with E-state index < -0.39 is 0 Å². The summed E-state index contributed by atoms with van der Waals surface area (Å²) in [6.45, 7) is 5.93. The van der Waals surface area contributed by atoms with Gasteiger partial charge in [-0.2, -0.15) is 5.10 Å². The van der Waals surface area contributed by atoms with Gasteiger partial charge in [0.05, 0.1) is 22.3 Å². The van der Waals surface area contributed by atoms with E-state index >= 15 is 0 Å². The monoisotopic (exact) mass is 298 g/mol. The van der Waals surface area contributed by atoms with Gasteiger partial charge in [-0.3, -0.25) is 0 Å². The first kappa shape index (κ1) is 14.3. The molecule has 0 aliphatic rings. The molecular weight excluding hydrogens is 283 g/mol. The second-order valence-corrected chi connectivity index (χ2v) is 5.53. The predicted molar refractivity (Wildman–Crippen MR) is 77.9 cm³/mol. The number of hydrogen-bond donors (Lipinski definition) is 1. The summed E-state index contributed by atoms with van der Waals surface area (Å²) in [4.78, 5) is 4.25. The Morgan fingerprint density at radius 3 is 2.74 bits per heavy atom. The molecule has 1 heterocycles. The van der Waals surface area contributed by atoms with Crippen molar-refractivity contribution in [3.8, 4) is 5.69 Å². The maximum Gasteiger partial charge on any atom is 0.146 e. The minimum atomic E-state index is 0.510. The Bertz CT molecular complexity index is 551. The van der Waals surface area contributed by atoms with Gasteiger partial charge in [-0.25, -0.2) is 9.67 Å². The molecule has 19 heavy (non-hydrogen) atoms. The number of aromatic nitrogens is 3. The standard InChI is InChI=1S/C13H16Cl2N4/c1-9(2)6-16-7-13-17-8-18-19(13)10-3-4-11(14)12(15)5-10/h3-5,8-9,16H,6-7H2,1-2H3. The molecule has 0 radical (unpaired) electrons. The van der Waals surface area contributed by atoms with E-state index in [1.165, 1.54) is 6.33 Å². The molecule has 2 aromatic rings. The molecule has 4 nitrogen and oxygen atoms in total. The summed E-state index contributed by atoms with van der Waals surface area (Å²) in [7, 11) is 0. The fourth-order valence-electron chi connectivity index (χ4n) is 1.69. The van der Waals surface area contributed by atoms with Gasteiger partial charge in [0.25, 0.3) is 0 Å². The van der Waals surface area contributed by atoms with Crippen molar-refractivity contribution >= 4 is 23.2 Å². The Labute approximate surface area is 122 Å². The molecular formula is C13H16Cl2N4. The van der Waals surface area contributed by atoms with E-state index in [0.717, 1.165) is 18.1 Å². The van der Waals surface area contributed by atoms with Gasteiger partial charge in [-0.1, -0.05) is 37.0 Å². The molecule has 0 atom stereocenters. The summed E-state index contributed by atoms with van der Waals surface area (Å²) < 4.78 is 1.76. The van der Waals surface area contributed by atoms with Crippen LogP contribution < -0.4 is 5.32 Å². The molecule has 1 aromatic heterocycles. The van der Waals surface area contributed by atoms with Gasteiger partial charge in [0.15, 0.2) is 0 Å². The summed E-state index contributed by atoms with van der Waals surface area (Å²) in [5.41, 5.74) is 0.855. The highest BCUT2D eigenvalue weighted by molar-refractivity contribution is 6.42. The smallest absolute Gasteiger partial charge is 0.146 e. The first-order valence-electron chi connectivity index (χ1n) is 6.13. The molecule has 0 saturated heterocycles. The van der Waals surface area contributed by atoms with E-state index in [-0.39, 0.29) is 0 Å². The van der Waals surface area contributed by atoms with Crippen LogP contribution in [0.25, 0.3) is 5.69 Å². The van der Waals surface area contributed by atoms with Crippen LogP contribution in [0.2, 0.25) is 10.0 Å². The maximum absolute atomic E-state index is 6.02. The normalized spacial score (nSPS) is 11.2. The van der Waals surface area contributed by atoms with Crippen molar-refractivity contribution in [3.63, 3.8) is 0 Å². The van der Waals surface area contributed by atoms with E-state index in [0.29, 0.717) is 22.5 Å². The zero-order chi connectivity index (χ0) is 13.8. The third kappa shape index (κ3) is 3.69. The van der Waals surface area contributed by atoms with Crippen LogP contribution in [0.1, 0.15) is 19.7 Å². The van der Waals surface area contributed by atoms with Gasteiger partial charge < -0.3 is 5.32 Å². The number of nitrogens with zero attached hydrogens (tertiary/aromatic N) is 3. The minimum Gasteiger partial charge on any atom is -0.310 e. The summed E-state index contributed by atoms with van der Waals surface area (Å²) >= 11 is 11.9. The Morgan fingerprint density at radius 2 is 2.05 bits per heavy atom. The van der Waals surface area contributed by atoms with E-state index in [2.05, 4.69) is 29.2 Å². The number of nitrogens with one attached hydrogen (secondary N) is 1. The molecule has 2 rings (SSSR count). The van der Waals surface area contributed by atoms with Crippen LogP contribution in [0.5, 0.6) is 0 Å². The van der Waals surface area contributed by atoms with Gasteiger partial charge in [-0.15, -0.1) is 0 Å². The van der Waals surface area contributed by atoms with E-state index in [4.69, 9.17) is 23.2 Å². The van der Waals surface area contributed by atoms with Crippen LogP contribution in [-0.4, -0.2) is 21.3 Å². The second kappa shape index (κ2) is 6.37. The molecule has 0 spiro atoms. The molecule has 6 heteroatoms. The van der Waals surface area contributed by atoms with Crippen molar-refractivity contribution in [1.29, 1.82) is 0 Å². The Hall–Kier alpha value is -1.10. The number of hydrogen-bond acceptors (Lipinski definition) is 3. The largest absolute Gasteiger partial charge is 0.310 e. The van der Waals surface area contributed by atoms with Crippen molar-refractivity contribution in [1.82, 2.24) is 20.1 Å². The molecule has 0 unspecified atom stereocenters. The van der Waals surface area contributed by atoms with Crippen molar-refractivity contribution in [3.05, 3.63) is 40.4 Å². The fourth-order valence-corrected chi connectivity index (χ4v) is 1.98. The average Bonchev–Trinajstić information content (AvgIpc) is 2.80. The Morgan fingerprint density at radius 1 is 1.26 bits per heavy atom. The lowest BCUT2D eigenvalue weighted by atomic mass is 10.2. The quantitative estimate of drug-likeness (QED) is 0.921.